The van der Waals surface area contributed by atoms with Crippen LogP contribution in [0.5, 0.6) is 0 Å². The molecule has 0 N–H and O–H groups in total. The first-order valence-electron chi connectivity index (χ1n) is 6.75. The number of benzene rings is 2. The number of hydrogen-bond acceptors (Lipinski definition) is 1. The summed E-state index contributed by atoms with van der Waals surface area (Å²) in [4.78, 5) is 0. The molecule has 0 amide bonds. The molecule has 0 aliphatic heterocycles. The lowest BCUT2D eigenvalue weighted by Gasteiger charge is -2.06. The van der Waals surface area contributed by atoms with Gasteiger partial charge in [0.05, 0.1) is 6.07 Å². The Morgan fingerprint density at radius 1 is 0.842 bits per heavy atom. The SMILES string of the molecule is N#CCCCCn1c2ccccc2c2ccccc21. The number of para-hydroxylation sites is 2. The van der Waals surface area contributed by atoms with Gasteiger partial charge in [0.2, 0.25) is 0 Å². The van der Waals surface area contributed by atoms with Crippen LogP contribution in [0.2, 0.25) is 0 Å². The van der Waals surface area contributed by atoms with Gasteiger partial charge >= 0.3 is 0 Å². The largest absolute Gasteiger partial charge is 0.340 e. The van der Waals surface area contributed by atoms with E-state index < -0.39 is 0 Å². The van der Waals surface area contributed by atoms with Crippen LogP contribution in [0.3, 0.4) is 0 Å². The quantitative estimate of drug-likeness (QED) is 0.625. The van der Waals surface area contributed by atoms with E-state index in [0.717, 1.165) is 19.4 Å². The Hall–Kier alpha value is -2.27. The topological polar surface area (TPSA) is 28.7 Å². The van der Waals surface area contributed by atoms with E-state index in [0.29, 0.717) is 6.42 Å². The van der Waals surface area contributed by atoms with Crippen LogP contribution in [-0.2, 0) is 6.54 Å². The van der Waals surface area contributed by atoms with Crippen LogP contribution >= 0.6 is 0 Å². The molecule has 2 nitrogen and oxygen atoms in total. The van der Waals surface area contributed by atoms with E-state index in [9.17, 15) is 0 Å². The molecular weight excluding hydrogens is 232 g/mol. The molecule has 0 fully saturated rings. The van der Waals surface area contributed by atoms with Gasteiger partial charge in [0.15, 0.2) is 0 Å². The molecule has 0 atom stereocenters. The number of hydrogen-bond donors (Lipinski definition) is 0. The van der Waals surface area contributed by atoms with E-state index in [4.69, 9.17) is 5.26 Å². The Bertz CT molecular complexity index is 693. The smallest absolute Gasteiger partial charge is 0.0621 e. The van der Waals surface area contributed by atoms with Crippen molar-refractivity contribution in [3.63, 3.8) is 0 Å². The van der Waals surface area contributed by atoms with Crippen LogP contribution in [0.1, 0.15) is 19.3 Å². The second-order valence-corrected chi connectivity index (χ2v) is 4.80. The van der Waals surface area contributed by atoms with Crippen LogP contribution in [0.15, 0.2) is 48.5 Å². The lowest BCUT2D eigenvalue weighted by Crippen LogP contribution is -1.97. The first-order valence-corrected chi connectivity index (χ1v) is 6.75. The summed E-state index contributed by atoms with van der Waals surface area (Å²) in [7, 11) is 0. The van der Waals surface area contributed by atoms with E-state index in [1.807, 2.05) is 0 Å². The molecule has 3 rings (SSSR count). The lowest BCUT2D eigenvalue weighted by molar-refractivity contribution is 0.645. The Morgan fingerprint density at radius 3 is 2.00 bits per heavy atom. The van der Waals surface area contributed by atoms with E-state index in [1.54, 1.807) is 0 Å². The Kier molecular flexibility index (Phi) is 3.20. The van der Waals surface area contributed by atoms with E-state index >= 15 is 0 Å². The Balaban J connectivity index is 2.07. The molecule has 3 aromatic rings. The number of nitriles is 1. The maximum absolute atomic E-state index is 8.61. The fourth-order valence-corrected chi connectivity index (χ4v) is 2.72. The molecule has 2 aromatic carbocycles. The van der Waals surface area contributed by atoms with Crippen LogP contribution in [-0.4, -0.2) is 4.57 Å². The van der Waals surface area contributed by atoms with Crippen LogP contribution in [0.25, 0.3) is 21.8 Å². The predicted octanol–water partition coefficient (Wildman–Crippen LogP) is 4.49. The lowest BCUT2D eigenvalue weighted by atomic mass is 10.2. The van der Waals surface area contributed by atoms with E-state index in [-0.39, 0.29) is 0 Å². The number of aromatic nitrogens is 1. The summed E-state index contributed by atoms with van der Waals surface area (Å²) in [5.41, 5.74) is 2.58. The van der Waals surface area contributed by atoms with Gasteiger partial charge in [-0.15, -0.1) is 0 Å². The molecule has 0 aliphatic rings. The summed E-state index contributed by atoms with van der Waals surface area (Å²) in [6.07, 6.45) is 2.67. The predicted molar refractivity (Wildman–Crippen MR) is 78.9 cm³/mol. The third-order valence-electron chi connectivity index (χ3n) is 3.60. The Morgan fingerprint density at radius 2 is 1.42 bits per heavy atom. The molecule has 0 saturated carbocycles. The second-order valence-electron chi connectivity index (χ2n) is 4.80. The first-order chi connectivity index (χ1) is 9.42. The zero-order chi connectivity index (χ0) is 13.1. The van der Waals surface area contributed by atoms with Gasteiger partial charge in [-0.1, -0.05) is 36.4 Å². The highest BCUT2D eigenvalue weighted by Crippen LogP contribution is 2.28. The van der Waals surface area contributed by atoms with Crippen molar-refractivity contribution in [1.82, 2.24) is 4.57 Å². The number of rotatable bonds is 4. The van der Waals surface area contributed by atoms with Crippen molar-refractivity contribution in [3.05, 3.63) is 48.5 Å². The summed E-state index contributed by atoms with van der Waals surface area (Å²) in [6.45, 7) is 0.982. The molecule has 1 heterocycles. The average molecular weight is 248 g/mol. The van der Waals surface area contributed by atoms with Gasteiger partial charge in [0, 0.05) is 34.8 Å². The monoisotopic (exact) mass is 248 g/mol. The molecule has 0 radical (unpaired) electrons. The maximum Gasteiger partial charge on any atom is 0.0621 e. The van der Waals surface area contributed by atoms with Gasteiger partial charge in [-0.25, -0.2) is 0 Å². The normalized spacial score (nSPS) is 10.9. The van der Waals surface area contributed by atoms with Crippen molar-refractivity contribution < 1.29 is 0 Å². The first kappa shape index (κ1) is 11.8. The summed E-state index contributed by atoms with van der Waals surface area (Å²) < 4.78 is 2.38. The fraction of sp³-hybridized carbons (Fsp3) is 0.235. The third kappa shape index (κ3) is 2.08. The van der Waals surface area contributed by atoms with Crippen molar-refractivity contribution in [2.24, 2.45) is 0 Å². The third-order valence-corrected chi connectivity index (χ3v) is 3.60. The van der Waals surface area contributed by atoms with Gasteiger partial charge in [0.25, 0.3) is 0 Å². The average Bonchev–Trinajstić information content (AvgIpc) is 2.78. The highest BCUT2D eigenvalue weighted by atomic mass is 15.0. The van der Waals surface area contributed by atoms with E-state index in [1.165, 1.54) is 21.8 Å². The highest BCUT2D eigenvalue weighted by Gasteiger charge is 2.08. The van der Waals surface area contributed by atoms with Gasteiger partial charge < -0.3 is 4.57 Å². The minimum atomic E-state index is 0.650. The van der Waals surface area contributed by atoms with Crippen LogP contribution in [0.4, 0.5) is 0 Å². The van der Waals surface area contributed by atoms with Crippen molar-refractivity contribution in [1.29, 1.82) is 5.26 Å². The molecule has 0 spiro atoms. The van der Waals surface area contributed by atoms with Crippen molar-refractivity contribution in [2.45, 2.75) is 25.8 Å². The molecule has 94 valence electrons. The summed E-state index contributed by atoms with van der Waals surface area (Å²) in [5, 5.41) is 11.2. The molecule has 19 heavy (non-hydrogen) atoms. The number of aryl methyl sites for hydroxylation is 1. The van der Waals surface area contributed by atoms with E-state index in [2.05, 4.69) is 59.2 Å². The van der Waals surface area contributed by atoms with Gasteiger partial charge in [-0.05, 0) is 25.0 Å². The Labute approximate surface area is 112 Å². The molecule has 0 bridgehead atoms. The standard InChI is InChI=1S/C17H16N2/c18-12-6-1-7-13-19-16-10-4-2-8-14(16)15-9-3-5-11-17(15)19/h2-5,8-11H,1,6-7,13H2. The van der Waals surface area contributed by atoms with Crippen molar-refractivity contribution in [3.8, 4) is 6.07 Å². The number of unbranched alkanes of at least 4 members (excludes halogenated alkanes) is 2. The molecule has 2 heteroatoms. The zero-order valence-electron chi connectivity index (χ0n) is 10.8. The molecule has 1 aromatic heterocycles. The summed E-state index contributed by atoms with van der Waals surface area (Å²) in [6, 6.07) is 19.3. The maximum atomic E-state index is 8.61. The van der Waals surface area contributed by atoms with Crippen LogP contribution < -0.4 is 0 Å². The van der Waals surface area contributed by atoms with Crippen molar-refractivity contribution in [2.75, 3.05) is 0 Å². The zero-order valence-corrected chi connectivity index (χ0v) is 10.8. The molecular formula is C17H16N2. The summed E-state index contributed by atoms with van der Waals surface area (Å²) >= 11 is 0. The number of fused-ring (bicyclic) bond motifs is 3. The summed E-state index contributed by atoms with van der Waals surface area (Å²) in [5.74, 6) is 0. The minimum Gasteiger partial charge on any atom is -0.340 e. The van der Waals surface area contributed by atoms with Gasteiger partial charge in [-0.2, -0.15) is 5.26 Å². The highest BCUT2D eigenvalue weighted by molar-refractivity contribution is 6.07. The van der Waals surface area contributed by atoms with Crippen molar-refractivity contribution >= 4 is 21.8 Å². The molecule has 0 saturated heterocycles. The fourth-order valence-electron chi connectivity index (χ4n) is 2.72. The number of nitrogens with zero attached hydrogens (tertiary/aromatic N) is 2. The van der Waals surface area contributed by atoms with Gasteiger partial charge in [-0.3, -0.25) is 0 Å². The van der Waals surface area contributed by atoms with Crippen LogP contribution in [0, 0.1) is 11.3 Å². The second kappa shape index (κ2) is 5.16. The minimum absolute atomic E-state index is 0.650. The van der Waals surface area contributed by atoms with Gasteiger partial charge in [0.1, 0.15) is 0 Å². The molecule has 0 unspecified atom stereocenters. The molecule has 0 aliphatic carbocycles.